The monoisotopic (exact) mass is 591 g/mol. The zero-order valence-electron chi connectivity index (χ0n) is 24.3. The maximum Gasteiger partial charge on any atom is 0.271 e. The SMILES string of the molecule is COc1ccc(CN(C)c2cc(N3CCc4c(-c5cc(C=O)ccn5)cccc43)nn3c(C(=O)N[C@@H]4C[C@@H]4F)cnc23)cc1. The normalized spacial score (nSPS) is 16.9. The van der Waals surface area contributed by atoms with Crippen LogP contribution in [0.25, 0.3) is 16.9 Å². The number of imidazole rings is 1. The van der Waals surface area contributed by atoms with Gasteiger partial charge in [-0.25, -0.2) is 13.9 Å². The van der Waals surface area contributed by atoms with Crippen molar-refractivity contribution in [2.75, 3.05) is 30.5 Å². The first kappa shape index (κ1) is 27.5. The number of carbonyl (C=O) groups is 2. The molecule has 1 N–H and O–H groups in total. The van der Waals surface area contributed by atoms with E-state index in [0.29, 0.717) is 36.5 Å². The Kier molecular flexibility index (Phi) is 6.92. The standard InChI is InChI=1S/C33H30FN7O3/c1-39(18-20-6-8-22(44-2)9-7-20)29-16-31(38-41-30(17-36-32(29)41)33(43)37-27-15-25(27)34)40-13-11-24-23(4-3-5-28(24)40)26-14-21(19-42)10-12-35-26/h3-10,12,14,16-17,19,25,27H,11,13,15,18H2,1-2H3,(H,37,43)/t25-,27+/m0/s1. The van der Waals surface area contributed by atoms with Crippen molar-refractivity contribution in [1.29, 1.82) is 0 Å². The van der Waals surface area contributed by atoms with E-state index < -0.39 is 18.1 Å². The fourth-order valence-corrected chi connectivity index (χ4v) is 5.73. The van der Waals surface area contributed by atoms with Gasteiger partial charge >= 0.3 is 0 Å². The molecule has 3 aromatic heterocycles. The third kappa shape index (κ3) is 5.00. The summed E-state index contributed by atoms with van der Waals surface area (Å²) in [5.74, 6) is 1.00. The first-order chi connectivity index (χ1) is 21.4. The minimum Gasteiger partial charge on any atom is -0.497 e. The van der Waals surface area contributed by atoms with Crippen LogP contribution in [0.5, 0.6) is 5.75 Å². The molecule has 0 saturated heterocycles. The van der Waals surface area contributed by atoms with Crippen molar-refractivity contribution in [3.63, 3.8) is 0 Å². The van der Waals surface area contributed by atoms with E-state index in [-0.39, 0.29) is 5.69 Å². The summed E-state index contributed by atoms with van der Waals surface area (Å²) >= 11 is 0. The molecule has 1 fully saturated rings. The molecule has 10 nitrogen and oxygen atoms in total. The quantitative estimate of drug-likeness (QED) is 0.244. The molecule has 11 heteroatoms. The number of anilines is 3. The minimum absolute atomic E-state index is 0.239. The average Bonchev–Trinajstić information content (AvgIpc) is 3.40. The van der Waals surface area contributed by atoms with Crippen LogP contribution in [-0.2, 0) is 13.0 Å². The Hall–Kier alpha value is -5.32. The third-order valence-electron chi connectivity index (χ3n) is 8.19. The summed E-state index contributed by atoms with van der Waals surface area (Å²) < 4.78 is 20.5. The van der Waals surface area contributed by atoms with E-state index in [1.54, 1.807) is 30.0 Å². The lowest BCUT2D eigenvalue weighted by Gasteiger charge is -2.24. The number of aromatic nitrogens is 4. The molecule has 1 aliphatic heterocycles. The topological polar surface area (TPSA) is 105 Å². The molecule has 2 aliphatic rings. The zero-order chi connectivity index (χ0) is 30.4. The first-order valence-corrected chi connectivity index (χ1v) is 14.4. The molecule has 0 unspecified atom stereocenters. The van der Waals surface area contributed by atoms with Crippen molar-refractivity contribution in [2.45, 2.75) is 31.6 Å². The molecule has 5 aromatic rings. The Morgan fingerprint density at radius 3 is 2.73 bits per heavy atom. The van der Waals surface area contributed by atoms with Gasteiger partial charge < -0.3 is 19.9 Å². The fraction of sp³-hybridized carbons (Fsp3) is 0.242. The van der Waals surface area contributed by atoms with Crippen LogP contribution < -0.4 is 19.9 Å². The van der Waals surface area contributed by atoms with Crippen LogP contribution in [0, 0.1) is 0 Å². The Bertz CT molecular complexity index is 1890. The zero-order valence-corrected chi connectivity index (χ0v) is 24.3. The van der Waals surface area contributed by atoms with Gasteiger partial charge in [0.2, 0.25) is 0 Å². The number of halogens is 1. The van der Waals surface area contributed by atoms with Crippen molar-refractivity contribution >= 4 is 35.0 Å². The largest absolute Gasteiger partial charge is 0.497 e. The summed E-state index contributed by atoms with van der Waals surface area (Å²) in [5, 5.41) is 7.66. The lowest BCUT2D eigenvalue weighted by Crippen LogP contribution is -2.29. The number of hydrogen-bond donors (Lipinski definition) is 1. The smallest absolute Gasteiger partial charge is 0.271 e. The van der Waals surface area contributed by atoms with Crippen LogP contribution in [0.2, 0.25) is 0 Å². The molecule has 7 rings (SSSR count). The van der Waals surface area contributed by atoms with Gasteiger partial charge in [0, 0.05) is 55.6 Å². The summed E-state index contributed by atoms with van der Waals surface area (Å²) in [4.78, 5) is 37.9. The van der Waals surface area contributed by atoms with Gasteiger partial charge in [-0.2, -0.15) is 0 Å². The maximum absolute atomic E-state index is 13.6. The van der Waals surface area contributed by atoms with E-state index in [1.165, 1.54) is 6.20 Å². The van der Waals surface area contributed by atoms with Crippen molar-refractivity contribution in [3.05, 3.63) is 95.4 Å². The molecular weight excluding hydrogens is 561 g/mol. The molecule has 2 aromatic carbocycles. The molecule has 1 saturated carbocycles. The third-order valence-corrected chi connectivity index (χ3v) is 8.19. The van der Waals surface area contributed by atoms with Crippen LogP contribution in [0.1, 0.15) is 38.4 Å². The number of benzene rings is 2. The Balaban J connectivity index is 1.30. The number of fused-ring (bicyclic) bond motifs is 2. The van der Waals surface area contributed by atoms with Gasteiger partial charge in [0.25, 0.3) is 5.91 Å². The number of methoxy groups -OCH3 is 1. The second-order valence-electron chi connectivity index (χ2n) is 11.1. The second-order valence-corrected chi connectivity index (χ2v) is 11.1. The number of pyridine rings is 1. The fourth-order valence-electron chi connectivity index (χ4n) is 5.73. The van der Waals surface area contributed by atoms with Crippen molar-refractivity contribution in [2.24, 2.45) is 0 Å². The van der Waals surface area contributed by atoms with Gasteiger partial charge in [0.1, 0.15) is 18.2 Å². The predicted molar refractivity (Wildman–Crippen MR) is 165 cm³/mol. The summed E-state index contributed by atoms with van der Waals surface area (Å²) in [7, 11) is 3.61. The number of nitrogens with zero attached hydrogens (tertiary/aromatic N) is 6. The number of carbonyl (C=O) groups excluding carboxylic acids is 2. The number of rotatable bonds is 9. The van der Waals surface area contributed by atoms with Crippen LogP contribution >= 0.6 is 0 Å². The second kappa shape index (κ2) is 11.1. The van der Waals surface area contributed by atoms with E-state index in [4.69, 9.17) is 9.84 Å². The van der Waals surface area contributed by atoms with E-state index in [9.17, 15) is 14.0 Å². The first-order valence-electron chi connectivity index (χ1n) is 14.4. The highest BCUT2D eigenvalue weighted by Gasteiger charge is 2.39. The lowest BCUT2D eigenvalue weighted by atomic mass is 10.0. The van der Waals surface area contributed by atoms with Crippen LogP contribution in [0.3, 0.4) is 0 Å². The minimum atomic E-state index is -1.02. The summed E-state index contributed by atoms with van der Waals surface area (Å²) in [5.41, 5.74) is 6.94. The van der Waals surface area contributed by atoms with Gasteiger partial charge in [-0.05, 0) is 47.9 Å². The van der Waals surface area contributed by atoms with Crippen LogP contribution in [0.15, 0.2) is 73.1 Å². The predicted octanol–water partition coefficient (Wildman–Crippen LogP) is 4.78. The maximum atomic E-state index is 13.6. The van der Waals surface area contributed by atoms with E-state index in [2.05, 4.69) is 25.1 Å². The molecule has 4 heterocycles. The van der Waals surface area contributed by atoms with Gasteiger partial charge in [-0.15, -0.1) is 5.10 Å². The highest BCUT2D eigenvalue weighted by molar-refractivity contribution is 5.94. The summed E-state index contributed by atoms with van der Waals surface area (Å²) in [6, 6.07) is 18.9. The Labute approximate surface area is 253 Å². The van der Waals surface area contributed by atoms with Crippen LogP contribution in [-0.4, -0.2) is 64.7 Å². The Morgan fingerprint density at radius 2 is 1.98 bits per heavy atom. The van der Waals surface area contributed by atoms with Crippen molar-refractivity contribution in [1.82, 2.24) is 24.9 Å². The number of ether oxygens (including phenoxy) is 1. The van der Waals surface area contributed by atoms with Crippen molar-refractivity contribution in [3.8, 4) is 17.0 Å². The molecule has 222 valence electrons. The highest BCUT2D eigenvalue weighted by atomic mass is 19.1. The molecular formula is C33H30FN7O3. The Morgan fingerprint density at radius 1 is 1.16 bits per heavy atom. The lowest BCUT2D eigenvalue weighted by molar-refractivity contribution is 0.0940. The number of amides is 1. The molecule has 1 aliphatic carbocycles. The molecule has 1 amide bonds. The van der Waals surface area contributed by atoms with Gasteiger partial charge in [-0.3, -0.25) is 14.6 Å². The van der Waals surface area contributed by atoms with Gasteiger partial charge in [0.05, 0.1) is 30.7 Å². The molecule has 2 atom stereocenters. The van der Waals surface area contributed by atoms with E-state index in [0.717, 1.165) is 52.2 Å². The molecule has 44 heavy (non-hydrogen) atoms. The molecule has 0 spiro atoms. The summed E-state index contributed by atoms with van der Waals surface area (Å²) in [6.07, 6.45) is 3.98. The average molecular weight is 592 g/mol. The number of alkyl halides is 1. The summed E-state index contributed by atoms with van der Waals surface area (Å²) in [6.45, 7) is 1.23. The van der Waals surface area contributed by atoms with Gasteiger partial charge in [0.15, 0.2) is 17.2 Å². The molecule has 0 bridgehead atoms. The van der Waals surface area contributed by atoms with E-state index >= 15 is 0 Å². The van der Waals surface area contributed by atoms with Crippen LogP contribution in [0.4, 0.5) is 21.6 Å². The number of hydrogen-bond acceptors (Lipinski definition) is 8. The van der Waals surface area contributed by atoms with Gasteiger partial charge in [-0.1, -0.05) is 24.3 Å². The number of nitrogens with one attached hydrogen (secondary N) is 1. The van der Waals surface area contributed by atoms with Crippen molar-refractivity contribution < 1.29 is 18.7 Å². The highest BCUT2D eigenvalue weighted by Crippen LogP contribution is 2.40. The van der Waals surface area contributed by atoms with E-state index in [1.807, 2.05) is 55.6 Å². The molecule has 0 radical (unpaired) electrons. The number of aldehydes is 1.